The fourth-order valence-corrected chi connectivity index (χ4v) is 1.21. The van der Waals surface area contributed by atoms with Crippen molar-refractivity contribution in [2.45, 2.75) is 39.1 Å². The molecule has 1 rings (SSSR count). The van der Waals surface area contributed by atoms with E-state index in [1.54, 1.807) is 0 Å². The van der Waals surface area contributed by atoms with Crippen LogP contribution in [0, 0.1) is 5.92 Å². The van der Waals surface area contributed by atoms with E-state index < -0.39 is 6.29 Å². The standard InChI is InChI=1S/C7H14O2/c1-3-5(4-2)6-7(8)9-6/h5-8H,3-4H2,1-2H3. The molecule has 1 N–H and O–H groups in total. The first kappa shape index (κ1) is 7.03. The summed E-state index contributed by atoms with van der Waals surface area (Å²) >= 11 is 0. The van der Waals surface area contributed by atoms with E-state index in [4.69, 9.17) is 9.84 Å². The number of epoxide rings is 1. The van der Waals surface area contributed by atoms with Crippen LogP contribution in [0.3, 0.4) is 0 Å². The van der Waals surface area contributed by atoms with Gasteiger partial charge in [0.1, 0.15) is 6.10 Å². The normalized spacial score (nSPS) is 33.3. The third-order valence-electron chi connectivity index (χ3n) is 2.01. The number of ether oxygens (including phenoxy) is 1. The summed E-state index contributed by atoms with van der Waals surface area (Å²) in [6.45, 7) is 4.26. The Labute approximate surface area is 55.8 Å². The minimum absolute atomic E-state index is 0.153. The summed E-state index contributed by atoms with van der Waals surface area (Å²) in [4.78, 5) is 0. The molecule has 2 unspecified atom stereocenters. The van der Waals surface area contributed by atoms with Gasteiger partial charge in [0.15, 0.2) is 6.29 Å². The van der Waals surface area contributed by atoms with Crippen LogP contribution in [0.5, 0.6) is 0 Å². The molecular formula is C7H14O2. The van der Waals surface area contributed by atoms with Crippen molar-refractivity contribution in [2.24, 2.45) is 5.92 Å². The van der Waals surface area contributed by atoms with Crippen molar-refractivity contribution in [3.63, 3.8) is 0 Å². The van der Waals surface area contributed by atoms with Gasteiger partial charge in [-0.15, -0.1) is 0 Å². The van der Waals surface area contributed by atoms with Crippen molar-refractivity contribution in [3.8, 4) is 0 Å². The van der Waals surface area contributed by atoms with Gasteiger partial charge in [0, 0.05) is 0 Å². The molecule has 1 aliphatic rings. The summed E-state index contributed by atoms with van der Waals surface area (Å²) < 4.78 is 4.92. The Morgan fingerprint density at radius 3 is 2.00 bits per heavy atom. The minimum atomic E-state index is -0.449. The number of aliphatic hydroxyl groups excluding tert-OH is 1. The molecule has 0 aromatic heterocycles. The van der Waals surface area contributed by atoms with Gasteiger partial charge in [-0.1, -0.05) is 26.7 Å². The predicted molar refractivity (Wildman–Crippen MR) is 35.0 cm³/mol. The smallest absolute Gasteiger partial charge is 0.182 e. The molecule has 0 aliphatic carbocycles. The average molecular weight is 130 g/mol. The molecule has 2 nitrogen and oxygen atoms in total. The number of aliphatic hydroxyl groups is 1. The van der Waals surface area contributed by atoms with E-state index in [2.05, 4.69) is 13.8 Å². The van der Waals surface area contributed by atoms with Crippen LogP contribution < -0.4 is 0 Å². The van der Waals surface area contributed by atoms with Gasteiger partial charge in [-0.25, -0.2) is 0 Å². The van der Waals surface area contributed by atoms with Crippen LogP contribution in [0.25, 0.3) is 0 Å². The summed E-state index contributed by atoms with van der Waals surface area (Å²) in [7, 11) is 0. The molecule has 0 aromatic carbocycles. The highest BCUT2D eigenvalue weighted by Gasteiger charge is 2.41. The summed E-state index contributed by atoms with van der Waals surface area (Å²) in [5.74, 6) is 0.569. The maximum Gasteiger partial charge on any atom is 0.182 e. The number of rotatable bonds is 3. The Bertz CT molecular complexity index is 88.9. The molecule has 0 aromatic rings. The zero-order valence-electron chi connectivity index (χ0n) is 6.00. The van der Waals surface area contributed by atoms with E-state index >= 15 is 0 Å². The predicted octanol–water partition coefficient (Wildman–Crippen LogP) is 1.14. The quantitative estimate of drug-likeness (QED) is 0.581. The largest absolute Gasteiger partial charge is 0.366 e. The first-order valence-corrected chi connectivity index (χ1v) is 3.63. The van der Waals surface area contributed by atoms with Gasteiger partial charge in [0.2, 0.25) is 0 Å². The van der Waals surface area contributed by atoms with E-state index in [9.17, 15) is 0 Å². The third kappa shape index (κ3) is 1.43. The van der Waals surface area contributed by atoms with Crippen LogP contribution in [0.15, 0.2) is 0 Å². The van der Waals surface area contributed by atoms with E-state index in [1.807, 2.05) is 0 Å². The van der Waals surface area contributed by atoms with E-state index in [0.717, 1.165) is 12.8 Å². The maximum atomic E-state index is 8.84. The molecule has 1 fully saturated rings. The lowest BCUT2D eigenvalue weighted by Crippen LogP contribution is -2.07. The maximum absolute atomic E-state index is 8.84. The summed E-state index contributed by atoms with van der Waals surface area (Å²) in [5, 5.41) is 8.84. The lowest BCUT2D eigenvalue weighted by Gasteiger charge is -2.05. The molecule has 9 heavy (non-hydrogen) atoms. The van der Waals surface area contributed by atoms with Gasteiger partial charge in [-0.2, -0.15) is 0 Å². The molecule has 1 saturated heterocycles. The van der Waals surface area contributed by atoms with Gasteiger partial charge in [-0.3, -0.25) is 0 Å². The van der Waals surface area contributed by atoms with Crippen molar-refractivity contribution in [3.05, 3.63) is 0 Å². The van der Waals surface area contributed by atoms with Gasteiger partial charge >= 0.3 is 0 Å². The molecular weight excluding hydrogens is 116 g/mol. The molecule has 0 saturated carbocycles. The van der Waals surface area contributed by atoms with Gasteiger partial charge in [-0.05, 0) is 5.92 Å². The topological polar surface area (TPSA) is 32.8 Å². The molecule has 2 atom stereocenters. The Hall–Kier alpha value is -0.0800. The fraction of sp³-hybridized carbons (Fsp3) is 1.00. The Morgan fingerprint density at radius 1 is 1.44 bits per heavy atom. The highest BCUT2D eigenvalue weighted by molar-refractivity contribution is 4.81. The van der Waals surface area contributed by atoms with Crippen LogP contribution >= 0.6 is 0 Å². The molecule has 54 valence electrons. The van der Waals surface area contributed by atoms with Gasteiger partial charge in [0.25, 0.3) is 0 Å². The van der Waals surface area contributed by atoms with Crippen LogP contribution in [0.2, 0.25) is 0 Å². The van der Waals surface area contributed by atoms with Crippen molar-refractivity contribution < 1.29 is 9.84 Å². The van der Waals surface area contributed by atoms with Crippen LogP contribution in [-0.4, -0.2) is 17.5 Å². The second kappa shape index (κ2) is 2.67. The summed E-state index contributed by atoms with van der Waals surface area (Å²) in [5.41, 5.74) is 0. The number of hydrogen-bond donors (Lipinski definition) is 1. The van der Waals surface area contributed by atoms with Crippen molar-refractivity contribution in [2.75, 3.05) is 0 Å². The van der Waals surface area contributed by atoms with E-state index in [0.29, 0.717) is 5.92 Å². The fourth-order valence-electron chi connectivity index (χ4n) is 1.21. The van der Waals surface area contributed by atoms with Crippen molar-refractivity contribution in [1.29, 1.82) is 0 Å². The molecule has 1 heterocycles. The molecule has 2 heteroatoms. The Morgan fingerprint density at radius 2 is 1.89 bits per heavy atom. The number of hydrogen-bond acceptors (Lipinski definition) is 2. The molecule has 0 radical (unpaired) electrons. The summed E-state index contributed by atoms with van der Waals surface area (Å²) in [6.07, 6.45) is 1.92. The first-order valence-electron chi connectivity index (χ1n) is 3.63. The summed E-state index contributed by atoms with van der Waals surface area (Å²) in [6, 6.07) is 0. The zero-order chi connectivity index (χ0) is 6.85. The van der Waals surface area contributed by atoms with Gasteiger partial charge < -0.3 is 9.84 Å². The highest BCUT2D eigenvalue weighted by Crippen LogP contribution is 2.31. The van der Waals surface area contributed by atoms with Gasteiger partial charge in [0.05, 0.1) is 0 Å². The Kier molecular flexibility index (Phi) is 2.09. The van der Waals surface area contributed by atoms with Crippen LogP contribution in [-0.2, 0) is 4.74 Å². The molecule has 0 bridgehead atoms. The van der Waals surface area contributed by atoms with Crippen molar-refractivity contribution in [1.82, 2.24) is 0 Å². The molecule has 0 amide bonds. The van der Waals surface area contributed by atoms with Crippen LogP contribution in [0.1, 0.15) is 26.7 Å². The Balaban J connectivity index is 2.23. The van der Waals surface area contributed by atoms with Crippen molar-refractivity contribution >= 4 is 0 Å². The first-order chi connectivity index (χ1) is 4.29. The minimum Gasteiger partial charge on any atom is -0.366 e. The molecule has 1 aliphatic heterocycles. The van der Waals surface area contributed by atoms with Crippen LogP contribution in [0.4, 0.5) is 0 Å². The average Bonchev–Trinajstić information content (AvgIpc) is 2.51. The second-order valence-electron chi connectivity index (χ2n) is 2.57. The third-order valence-corrected chi connectivity index (χ3v) is 2.01. The monoisotopic (exact) mass is 130 g/mol. The SMILES string of the molecule is CCC(CC)C1OC1O. The zero-order valence-corrected chi connectivity index (χ0v) is 6.00. The van der Waals surface area contributed by atoms with E-state index in [1.165, 1.54) is 0 Å². The highest BCUT2D eigenvalue weighted by atomic mass is 16.7. The lowest BCUT2D eigenvalue weighted by molar-refractivity contribution is 0.155. The molecule has 0 spiro atoms. The van der Waals surface area contributed by atoms with E-state index in [-0.39, 0.29) is 6.10 Å². The lowest BCUT2D eigenvalue weighted by atomic mass is 10.00. The second-order valence-corrected chi connectivity index (χ2v) is 2.57.